The second-order valence-electron chi connectivity index (χ2n) is 5.65. The van der Waals surface area contributed by atoms with E-state index in [0.29, 0.717) is 32.5 Å². The van der Waals surface area contributed by atoms with Gasteiger partial charge in [0, 0.05) is 62.6 Å². The van der Waals surface area contributed by atoms with E-state index in [9.17, 15) is 5.11 Å². The summed E-state index contributed by atoms with van der Waals surface area (Å²) in [5, 5.41) is 10.7. The Morgan fingerprint density at radius 3 is 2.57 bits per heavy atom. The Bertz CT molecular complexity index is 483. The molecule has 1 N–H and O–H groups in total. The van der Waals surface area contributed by atoms with Gasteiger partial charge in [0.1, 0.15) is 5.75 Å². The molecule has 2 heterocycles. The number of rotatable bonds is 5. The van der Waals surface area contributed by atoms with Gasteiger partial charge < -0.3 is 19.3 Å². The molecule has 1 saturated heterocycles. The van der Waals surface area contributed by atoms with E-state index in [1.807, 2.05) is 13.8 Å². The molecule has 1 aliphatic rings. The van der Waals surface area contributed by atoms with Gasteiger partial charge in [-0.05, 0) is 13.8 Å². The molecule has 1 unspecified atom stereocenters. The fourth-order valence-electron chi connectivity index (χ4n) is 3.04. The predicted molar refractivity (Wildman–Crippen MR) is 79.8 cm³/mol. The zero-order valence-corrected chi connectivity index (χ0v) is 13.3. The van der Waals surface area contributed by atoms with Gasteiger partial charge in [-0.2, -0.15) is 0 Å². The van der Waals surface area contributed by atoms with E-state index in [1.165, 1.54) is 0 Å². The van der Waals surface area contributed by atoms with Gasteiger partial charge in [-0.1, -0.05) is 0 Å². The summed E-state index contributed by atoms with van der Waals surface area (Å²) in [7, 11) is 3.31. The lowest BCUT2D eigenvalue weighted by Gasteiger charge is -2.39. The van der Waals surface area contributed by atoms with Gasteiger partial charge in [0.25, 0.3) is 0 Å². The minimum Gasteiger partial charge on any atom is -0.496 e. The molecule has 0 aromatic carbocycles. The van der Waals surface area contributed by atoms with Crippen molar-refractivity contribution in [1.29, 1.82) is 0 Å². The zero-order chi connectivity index (χ0) is 15.5. The maximum absolute atomic E-state index is 10.7. The SMILES string of the molecule is COc1c(C)cnc(CC(O)C2(OC)CCOCC2)c1C. The summed E-state index contributed by atoms with van der Waals surface area (Å²) >= 11 is 0. The molecule has 0 bridgehead atoms. The summed E-state index contributed by atoms with van der Waals surface area (Å²) < 4.78 is 16.4. The molecule has 0 spiro atoms. The molecular weight excluding hydrogens is 270 g/mol. The van der Waals surface area contributed by atoms with Crippen LogP contribution in [0.4, 0.5) is 0 Å². The van der Waals surface area contributed by atoms with Gasteiger partial charge in [-0.25, -0.2) is 0 Å². The van der Waals surface area contributed by atoms with Crippen LogP contribution in [0.3, 0.4) is 0 Å². The molecule has 1 aliphatic heterocycles. The Labute approximate surface area is 126 Å². The van der Waals surface area contributed by atoms with Gasteiger partial charge >= 0.3 is 0 Å². The molecule has 0 radical (unpaired) electrons. The molecule has 2 rings (SSSR count). The van der Waals surface area contributed by atoms with Crippen LogP contribution in [-0.2, 0) is 15.9 Å². The summed E-state index contributed by atoms with van der Waals surface area (Å²) in [6.45, 7) is 5.18. The summed E-state index contributed by atoms with van der Waals surface area (Å²) in [6, 6.07) is 0. The molecule has 1 atom stereocenters. The van der Waals surface area contributed by atoms with Crippen LogP contribution in [0.1, 0.15) is 29.7 Å². The number of aliphatic hydroxyl groups is 1. The molecule has 118 valence electrons. The van der Waals surface area contributed by atoms with Crippen LogP contribution in [0.5, 0.6) is 5.75 Å². The van der Waals surface area contributed by atoms with E-state index in [1.54, 1.807) is 20.4 Å². The highest BCUT2D eigenvalue weighted by Crippen LogP contribution is 2.32. The first-order valence-electron chi connectivity index (χ1n) is 7.34. The monoisotopic (exact) mass is 295 g/mol. The Morgan fingerprint density at radius 2 is 2.00 bits per heavy atom. The number of hydrogen-bond donors (Lipinski definition) is 1. The van der Waals surface area contributed by atoms with Gasteiger partial charge in [0.2, 0.25) is 0 Å². The molecule has 0 amide bonds. The minimum absolute atomic E-state index is 0.455. The van der Waals surface area contributed by atoms with E-state index in [2.05, 4.69) is 4.98 Å². The summed E-state index contributed by atoms with van der Waals surface area (Å²) in [4.78, 5) is 4.46. The van der Waals surface area contributed by atoms with Crippen LogP contribution in [0, 0.1) is 13.8 Å². The summed E-state index contributed by atoms with van der Waals surface area (Å²) in [5.74, 6) is 0.839. The average Bonchev–Trinajstić information content (AvgIpc) is 2.51. The van der Waals surface area contributed by atoms with E-state index >= 15 is 0 Å². The van der Waals surface area contributed by atoms with Crippen LogP contribution < -0.4 is 4.74 Å². The second kappa shape index (κ2) is 6.73. The van der Waals surface area contributed by atoms with Crippen LogP contribution in [0.2, 0.25) is 0 Å². The van der Waals surface area contributed by atoms with Gasteiger partial charge in [-0.15, -0.1) is 0 Å². The van der Waals surface area contributed by atoms with Crippen molar-refractivity contribution in [2.24, 2.45) is 0 Å². The van der Waals surface area contributed by atoms with Gasteiger partial charge in [-0.3, -0.25) is 4.98 Å². The van der Waals surface area contributed by atoms with E-state index in [4.69, 9.17) is 14.2 Å². The predicted octanol–water partition coefficient (Wildman–Crippen LogP) is 1.81. The summed E-state index contributed by atoms with van der Waals surface area (Å²) in [6.07, 6.45) is 3.04. The Kier molecular flexibility index (Phi) is 5.19. The normalized spacial score (nSPS) is 19.3. The van der Waals surface area contributed by atoms with Crippen molar-refractivity contribution in [3.8, 4) is 5.75 Å². The van der Waals surface area contributed by atoms with Crippen molar-refractivity contribution >= 4 is 0 Å². The van der Waals surface area contributed by atoms with Gasteiger partial charge in [0.15, 0.2) is 0 Å². The first-order valence-corrected chi connectivity index (χ1v) is 7.34. The molecule has 5 heteroatoms. The van der Waals surface area contributed by atoms with Gasteiger partial charge in [0.05, 0.1) is 18.8 Å². The Balaban J connectivity index is 2.20. The van der Waals surface area contributed by atoms with E-state index < -0.39 is 11.7 Å². The number of methoxy groups -OCH3 is 2. The van der Waals surface area contributed by atoms with Crippen LogP contribution in [0.25, 0.3) is 0 Å². The van der Waals surface area contributed by atoms with Crippen LogP contribution in [0.15, 0.2) is 6.20 Å². The van der Waals surface area contributed by atoms with Crippen molar-refractivity contribution < 1.29 is 19.3 Å². The maximum Gasteiger partial charge on any atom is 0.128 e. The van der Waals surface area contributed by atoms with Crippen molar-refractivity contribution in [2.45, 2.75) is 44.8 Å². The fraction of sp³-hybridized carbons (Fsp3) is 0.688. The average molecular weight is 295 g/mol. The molecule has 21 heavy (non-hydrogen) atoms. The molecule has 1 fully saturated rings. The van der Waals surface area contributed by atoms with Crippen molar-refractivity contribution in [2.75, 3.05) is 27.4 Å². The highest BCUT2D eigenvalue weighted by molar-refractivity contribution is 5.41. The first kappa shape index (κ1) is 16.2. The third-order valence-corrected chi connectivity index (χ3v) is 4.49. The second-order valence-corrected chi connectivity index (χ2v) is 5.65. The van der Waals surface area contributed by atoms with Crippen LogP contribution in [-0.4, -0.2) is 49.2 Å². The fourth-order valence-corrected chi connectivity index (χ4v) is 3.04. The molecular formula is C16H25NO4. The molecule has 0 aliphatic carbocycles. The first-order chi connectivity index (χ1) is 10.0. The summed E-state index contributed by atoms with van der Waals surface area (Å²) in [5.41, 5.74) is 2.30. The van der Waals surface area contributed by atoms with Crippen molar-refractivity contribution in [3.05, 3.63) is 23.0 Å². The third-order valence-electron chi connectivity index (χ3n) is 4.49. The van der Waals surface area contributed by atoms with E-state index in [-0.39, 0.29) is 0 Å². The van der Waals surface area contributed by atoms with Crippen molar-refractivity contribution in [1.82, 2.24) is 4.98 Å². The topological polar surface area (TPSA) is 60.8 Å². The van der Waals surface area contributed by atoms with Crippen molar-refractivity contribution in [3.63, 3.8) is 0 Å². The minimum atomic E-state index is -0.606. The van der Waals surface area contributed by atoms with Crippen LogP contribution >= 0.6 is 0 Å². The number of hydrogen-bond acceptors (Lipinski definition) is 5. The lowest BCUT2D eigenvalue weighted by atomic mass is 9.85. The molecule has 1 aromatic rings. The quantitative estimate of drug-likeness (QED) is 0.897. The number of pyridine rings is 1. The molecule has 1 aromatic heterocycles. The lowest BCUT2D eigenvalue weighted by Crippen LogP contribution is -2.49. The lowest BCUT2D eigenvalue weighted by molar-refractivity contribution is -0.151. The largest absolute Gasteiger partial charge is 0.496 e. The number of nitrogens with zero attached hydrogens (tertiary/aromatic N) is 1. The number of ether oxygens (including phenoxy) is 3. The number of aromatic nitrogens is 1. The smallest absolute Gasteiger partial charge is 0.128 e. The molecule has 0 saturated carbocycles. The highest BCUT2D eigenvalue weighted by Gasteiger charge is 2.40. The van der Waals surface area contributed by atoms with E-state index in [0.717, 1.165) is 22.6 Å². The number of aliphatic hydroxyl groups excluding tert-OH is 1. The Morgan fingerprint density at radius 1 is 1.33 bits per heavy atom. The number of aryl methyl sites for hydroxylation is 1. The molecule has 5 nitrogen and oxygen atoms in total. The third kappa shape index (κ3) is 3.20. The maximum atomic E-state index is 10.7. The zero-order valence-electron chi connectivity index (χ0n) is 13.3. The standard InChI is InChI=1S/C16H25NO4/c1-11-10-17-13(12(2)15(11)19-3)9-14(18)16(20-4)5-7-21-8-6-16/h10,14,18H,5-9H2,1-4H3. The highest BCUT2D eigenvalue weighted by atomic mass is 16.5. The Hall–Kier alpha value is -1.17.